The van der Waals surface area contributed by atoms with Gasteiger partial charge < -0.3 is 49.3 Å². The standard InChI is InChI=1S/2C7H14O3.C4H8O.C3H8O3/c1-5(2)7-9-3-6(8)4-10-7;1-5(2)7-9-4-6(3-8)10-7;1-4(2)3-5;4-1-3(6)2-5/h2*5-8H,3-4H2,1-2H3;3-4H,1-2H3;3-6H,1-2H2/p+1. The summed E-state index contributed by atoms with van der Waals surface area (Å²) in [7, 11) is 0. The molecule has 0 saturated carbocycles. The van der Waals surface area contributed by atoms with E-state index in [1.807, 2.05) is 41.5 Å². The molecular formula is C21H45O10+. The first-order chi connectivity index (χ1) is 14.5. The minimum Gasteiger partial charge on any atom is -0.394 e. The molecule has 2 aliphatic heterocycles. The van der Waals surface area contributed by atoms with Crippen molar-refractivity contribution >= 4 is 6.29 Å². The minimum absolute atomic E-state index is 0. The van der Waals surface area contributed by atoms with Gasteiger partial charge in [-0.1, -0.05) is 41.5 Å². The number of carbonyl (C=O) groups is 1. The zero-order valence-corrected chi connectivity index (χ0v) is 19.7. The van der Waals surface area contributed by atoms with Gasteiger partial charge in [0.05, 0.1) is 39.6 Å². The van der Waals surface area contributed by atoms with Gasteiger partial charge in [-0.3, -0.25) is 0 Å². The molecule has 0 spiro atoms. The Morgan fingerprint density at radius 3 is 1.52 bits per heavy atom. The Bertz CT molecular complexity index is 394. The molecule has 0 aromatic rings. The van der Waals surface area contributed by atoms with Crippen molar-refractivity contribution in [3.8, 4) is 0 Å². The average Bonchev–Trinajstić information content (AvgIpc) is 3.24. The highest BCUT2D eigenvalue weighted by Crippen LogP contribution is 2.17. The van der Waals surface area contributed by atoms with Crippen LogP contribution in [-0.2, 0) is 23.7 Å². The van der Waals surface area contributed by atoms with Crippen LogP contribution >= 0.6 is 0 Å². The zero-order chi connectivity index (χ0) is 24.4. The summed E-state index contributed by atoms with van der Waals surface area (Å²) in [5.74, 6) is 0.944. The molecule has 2 aliphatic rings. The van der Waals surface area contributed by atoms with Gasteiger partial charge in [0.1, 0.15) is 24.6 Å². The van der Waals surface area contributed by atoms with Gasteiger partial charge in [0.15, 0.2) is 12.6 Å². The number of ether oxygens (including phenoxy) is 4. The number of aliphatic hydroxyl groups is 5. The van der Waals surface area contributed by atoms with Crippen molar-refractivity contribution in [3.63, 3.8) is 0 Å². The van der Waals surface area contributed by atoms with Crippen LogP contribution in [0.1, 0.15) is 43.0 Å². The Kier molecular flexibility index (Phi) is 20.9. The highest BCUT2D eigenvalue weighted by Gasteiger charge is 2.27. The lowest BCUT2D eigenvalue weighted by atomic mass is 10.2. The predicted octanol–water partition coefficient (Wildman–Crippen LogP) is 0.0381. The van der Waals surface area contributed by atoms with E-state index in [0.717, 1.165) is 6.29 Å². The minimum atomic E-state index is -0.954. The largest absolute Gasteiger partial charge is 1.00 e. The molecule has 2 heterocycles. The number of aliphatic hydroxyl groups excluding tert-OH is 5. The van der Waals surface area contributed by atoms with Crippen LogP contribution in [-0.4, -0.2) is 102 Å². The van der Waals surface area contributed by atoms with Crippen molar-refractivity contribution in [1.82, 2.24) is 0 Å². The predicted molar refractivity (Wildman–Crippen MR) is 115 cm³/mol. The summed E-state index contributed by atoms with van der Waals surface area (Å²) in [6, 6.07) is 0. The third kappa shape index (κ3) is 18.6. The number of carbonyl (C=O) groups excluding carboxylic acids is 1. The molecule has 2 atom stereocenters. The van der Waals surface area contributed by atoms with E-state index in [1.165, 1.54) is 0 Å². The van der Waals surface area contributed by atoms with Gasteiger partial charge in [-0.05, 0) is 0 Å². The van der Waals surface area contributed by atoms with Gasteiger partial charge in [0.25, 0.3) is 0 Å². The Balaban J connectivity index is -0.000000362. The lowest BCUT2D eigenvalue weighted by molar-refractivity contribution is -0.232. The number of aldehydes is 1. The van der Waals surface area contributed by atoms with Gasteiger partial charge >= 0.3 is 1.43 Å². The van der Waals surface area contributed by atoms with Crippen LogP contribution in [0, 0.1) is 17.8 Å². The van der Waals surface area contributed by atoms with Gasteiger partial charge in [-0.15, -0.1) is 0 Å². The average molecular weight is 458 g/mol. The fraction of sp³-hybridized carbons (Fsp3) is 0.952. The molecular weight excluding hydrogens is 412 g/mol. The molecule has 0 radical (unpaired) electrons. The highest BCUT2D eigenvalue weighted by atomic mass is 16.7. The molecule has 2 fully saturated rings. The molecule has 10 nitrogen and oxygen atoms in total. The summed E-state index contributed by atoms with van der Waals surface area (Å²) >= 11 is 0. The molecule has 2 unspecified atom stereocenters. The topological polar surface area (TPSA) is 155 Å². The monoisotopic (exact) mass is 457 g/mol. The van der Waals surface area contributed by atoms with Crippen molar-refractivity contribution in [2.45, 2.75) is 72.4 Å². The second-order valence-corrected chi connectivity index (χ2v) is 8.22. The molecule has 2 rings (SSSR count). The molecule has 31 heavy (non-hydrogen) atoms. The van der Waals surface area contributed by atoms with Crippen LogP contribution in [0.3, 0.4) is 0 Å². The lowest BCUT2D eigenvalue weighted by Crippen LogP contribution is -2.38. The first-order valence-corrected chi connectivity index (χ1v) is 10.7. The molecule has 0 aromatic heterocycles. The second-order valence-electron chi connectivity index (χ2n) is 8.22. The normalized spacial score (nSPS) is 25.4. The van der Waals surface area contributed by atoms with Crippen LogP contribution in [0.4, 0.5) is 0 Å². The summed E-state index contributed by atoms with van der Waals surface area (Å²) in [6.45, 7) is 12.5. The van der Waals surface area contributed by atoms with Gasteiger partial charge in [0, 0.05) is 17.8 Å². The van der Waals surface area contributed by atoms with E-state index < -0.39 is 12.2 Å². The lowest BCUT2D eigenvalue weighted by Gasteiger charge is -2.28. The third-order valence-electron chi connectivity index (χ3n) is 3.66. The maximum Gasteiger partial charge on any atom is 1.00 e. The maximum atomic E-state index is 9.50. The Hall–Kier alpha value is -0.690. The molecule has 0 aromatic carbocycles. The van der Waals surface area contributed by atoms with E-state index in [9.17, 15) is 4.79 Å². The summed E-state index contributed by atoms with van der Waals surface area (Å²) in [4.78, 5) is 9.50. The summed E-state index contributed by atoms with van der Waals surface area (Å²) in [6.07, 6.45) is -0.812. The number of hydrogen-bond donors (Lipinski definition) is 5. The smallest absolute Gasteiger partial charge is 0.394 e. The van der Waals surface area contributed by atoms with E-state index in [-0.39, 0.29) is 45.8 Å². The molecule has 188 valence electrons. The van der Waals surface area contributed by atoms with Gasteiger partial charge in [0.2, 0.25) is 0 Å². The van der Waals surface area contributed by atoms with Crippen LogP contribution in [0.15, 0.2) is 0 Å². The maximum absolute atomic E-state index is 9.50. The van der Waals surface area contributed by atoms with Crippen LogP contribution < -0.4 is 0 Å². The number of hydrogen-bond acceptors (Lipinski definition) is 10. The van der Waals surface area contributed by atoms with E-state index in [0.29, 0.717) is 31.7 Å². The molecule has 5 N–H and O–H groups in total. The highest BCUT2D eigenvalue weighted by molar-refractivity contribution is 5.51. The van der Waals surface area contributed by atoms with Crippen molar-refractivity contribution < 1.29 is 50.7 Å². The third-order valence-corrected chi connectivity index (χ3v) is 3.66. The Morgan fingerprint density at radius 2 is 1.29 bits per heavy atom. The molecule has 0 bridgehead atoms. The van der Waals surface area contributed by atoms with Crippen LogP contribution in [0.2, 0.25) is 0 Å². The fourth-order valence-electron chi connectivity index (χ4n) is 1.87. The number of rotatable bonds is 6. The summed E-state index contributed by atoms with van der Waals surface area (Å²) in [5, 5.41) is 41.6. The molecule has 0 amide bonds. The Morgan fingerprint density at radius 1 is 0.871 bits per heavy atom. The molecule has 0 aliphatic carbocycles. The van der Waals surface area contributed by atoms with Crippen LogP contribution in [0.5, 0.6) is 0 Å². The van der Waals surface area contributed by atoms with E-state index in [4.69, 9.17) is 44.5 Å². The van der Waals surface area contributed by atoms with Gasteiger partial charge in [-0.25, -0.2) is 0 Å². The van der Waals surface area contributed by atoms with Crippen molar-refractivity contribution in [2.24, 2.45) is 17.8 Å². The quantitative estimate of drug-likeness (QED) is 0.345. The Labute approximate surface area is 187 Å². The van der Waals surface area contributed by atoms with Gasteiger partial charge in [-0.2, -0.15) is 0 Å². The summed E-state index contributed by atoms with van der Waals surface area (Å²) < 4.78 is 20.9. The first-order valence-electron chi connectivity index (χ1n) is 10.7. The molecule has 2 saturated heterocycles. The molecule has 10 heteroatoms. The van der Waals surface area contributed by atoms with E-state index in [1.54, 1.807) is 0 Å². The fourth-order valence-corrected chi connectivity index (χ4v) is 1.87. The zero-order valence-electron chi connectivity index (χ0n) is 20.7. The van der Waals surface area contributed by atoms with Crippen molar-refractivity contribution in [2.75, 3.05) is 39.6 Å². The van der Waals surface area contributed by atoms with Crippen molar-refractivity contribution in [3.05, 3.63) is 0 Å². The first kappa shape index (κ1) is 32.5. The summed E-state index contributed by atoms with van der Waals surface area (Å²) in [5.41, 5.74) is 0. The SMILES string of the molecule is CC(C)C1OCC(CO)O1.CC(C)C1OCC(O)CO1.CC(C)C=O.OCC(O)CO.[H+]. The second kappa shape index (κ2) is 20.0. The van der Waals surface area contributed by atoms with E-state index in [2.05, 4.69) is 0 Å². The van der Waals surface area contributed by atoms with Crippen molar-refractivity contribution in [1.29, 1.82) is 0 Å². The van der Waals surface area contributed by atoms with Crippen LogP contribution in [0.25, 0.3) is 0 Å². The van der Waals surface area contributed by atoms with E-state index >= 15 is 0 Å².